The summed E-state index contributed by atoms with van der Waals surface area (Å²) in [4.78, 5) is 21.1. The molecule has 0 fully saturated rings. The number of nitrogens with zero attached hydrogens (tertiary/aromatic N) is 1. The van der Waals surface area contributed by atoms with Crippen LogP contribution in [0.5, 0.6) is 5.75 Å². The predicted molar refractivity (Wildman–Crippen MR) is 55.4 cm³/mol. The lowest BCUT2D eigenvalue weighted by atomic mass is 10.1. The molecule has 0 aliphatic carbocycles. The lowest BCUT2D eigenvalue weighted by Gasteiger charge is -2.10. The molecule has 0 aliphatic heterocycles. The zero-order valence-electron chi connectivity index (χ0n) is 9.02. The second-order valence-corrected chi connectivity index (χ2v) is 2.95. The summed E-state index contributed by atoms with van der Waals surface area (Å²) < 4.78 is 22.5. The molecule has 0 saturated heterocycles. The first kappa shape index (κ1) is 12.7. The van der Waals surface area contributed by atoms with Crippen molar-refractivity contribution in [1.82, 2.24) is 0 Å². The van der Waals surface area contributed by atoms with Gasteiger partial charge in [-0.05, 0) is 0 Å². The molecule has 7 nitrogen and oxygen atoms in total. The second-order valence-electron chi connectivity index (χ2n) is 2.95. The third-order valence-corrected chi connectivity index (χ3v) is 2.04. The van der Waals surface area contributed by atoms with E-state index in [0.29, 0.717) is 6.07 Å². The average Bonchev–Trinajstić information content (AvgIpc) is 2.29. The summed E-state index contributed by atoms with van der Waals surface area (Å²) in [6.45, 7) is 0. The van der Waals surface area contributed by atoms with Gasteiger partial charge in [0.05, 0.1) is 25.2 Å². The molecule has 1 aromatic carbocycles. The number of nitrogen functional groups attached to an aromatic ring is 1. The van der Waals surface area contributed by atoms with Crippen LogP contribution in [0.4, 0.5) is 15.8 Å². The van der Waals surface area contributed by atoms with Crippen LogP contribution >= 0.6 is 0 Å². The molecule has 17 heavy (non-hydrogen) atoms. The molecule has 0 amide bonds. The molecule has 0 radical (unpaired) electrons. The Morgan fingerprint density at radius 1 is 1.53 bits per heavy atom. The summed E-state index contributed by atoms with van der Waals surface area (Å²) in [7, 11) is 2.15. The highest BCUT2D eigenvalue weighted by Crippen LogP contribution is 2.35. The van der Waals surface area contributed by atoms with E-state index in [4.69, 9.17) is 5.73 Å². The fourth-order valence-electron chi connectivity index (χ4n) is 1.29. The summed E-state index contributed by atoms with van der Waals surface area (Å²) in [6, 6.07) is 0.584. The van der Waals surface area contributed by atoms with Gasteiger partial charge in [0.1, 0.15) is 11.3 Å². The number of nitro benzene ring substituents is 1. The number of rotatable bonds is 3. The van der Waals surface area contributed by atoms with Crippen molar-refractivity contribution in [3.8, 4) is 5.75 Å². The number of anilines is 1. The number of hydrogen-bond acceptors (Lipinski definition) is 6. The van der Waals surface area contributed by atoms with Gasteiger partial charge >= 0.3 is 5.97 Å². The molecular formula is C9H9FN2O5. The van der Waals surface area contributed by atoms with Gasteiger partial charge in [-0.25, -0.2) is 9.18 Å². The molecule has 0 aromatic heterocycles. The summed E-state index contributed by atoms with van der Waals surface area (Å²) in [6.07, 6.45) is 0. The van der Waals surface area contributed by atoms with Crippen LogP contribution < -0.4 is 10.5 Å². The topological polar surface area (TPSA) is 105 Å². The van der Waals surface area contributed by atoms with Gasteiger partial charge in [0.2, 0.25) is 0 Å². The van der Waals surface area contributed by atoms with E-state index in [1.54, 1.807) is 0 Å². The van der Waals surface area contributed by atoms with Crippen LogP contribution in [0, 0.1) is 15.9 Å². The number of nitrogens with two attached hydrogens (primary N) is 1. The van der Waals surface area contributed by atoms with E-state index in [1.807, 2.05) is 0 Å². The highest BCUT2D eigenvalue weighted by atomic mass is 19.1. The van der Waals surface area contributed by atoms with E-state index in [-0.39, 0.29) is 0 Å². The number of benzene rings is 1. The first-order chi connectivity index (χ1) is 7.93. The molecule has 0 heterocycles. The number of hydrogen-bond donors (Lipinski definition) is 1. The summed E-state index contributed by atoms with van der Waals surface area (Å²) in [5.41, 5.74) is 3.70. The maximum absolute atomic E-state index is 13.5. The molecule has 0 aliphatic rings. The van der Waals surface area contributed by atoms with Crippen LogP contribution in [0.3, 0.4) is 0 Å². The maximum atomic E-state index is 13.5. The number of methoxy groups -OCH3 is 2. The number of nitro groups is 1. The smallest absolute Gasteiger partial charge is 0.344 e. The van der Waals surface area contributed by atoms with Crippen LogP contribution in [0.25, 0.3) is 0 Å². The number of halogens is 1. The minimum atomic E-state index is -1.06. The SMILES string of the molecule is COC(=O)c1c(N)c([N+](=O)[O-])cc(F)c1OC. The Morgan fingerprint density at radius 2 is 2.12 bits per heavy atom. The minimum absolute atomic E-state index is 0.486. The van der Waals surface area contributed by atoms with Crippen molar-refractivity contribution in [2.75, 3.05) is 20.0 Å². The zero-order chi connectivity index (χ0) is 13.2. The third kappa shape index (κ3) is 2.10. The summed E-state index contributed by atoms with van der Waals surface area (Å²) in [5, 5.41) is 10.6. The van der Waals surface area contributed by atoms with Crippen molar-refractivity contribution in [3.63, 3.8) is 0 Å². The van der Waals surface area contributed by atoms with Gasteiger partial charge in [0.25, 0.3) is 5.69 Å². The Labute approximate surface area is 95.1 Å². The predicted octanol–water partition coefficient (Wildman–Crippen LogP) is 1.11. The van der Waals surface area contributed by atoms with E-state index < -0.39 is 39.4 Å². The van der Waals surface area contributed by atoms with Crippen molar-refractivity contribution >= 4 is 17.3 Å². The van der Waals surface area contributed by atoms with E-state index in [1.165, 1.54) is 0 Å². The second kappa shape index (κ2) is 4.64. The number of esters is 1. The Bertz CT molecular complexity index is 489. The lowest BCUT2D eigenvalue weighted by molar-refractivity contribution is -0.384. The standard InChI is InChI=1S/C9H9FN2O5/c1-16-8-4(10)3-5(12(14)15)7(11)6(8)9(13)17-2/h3H,11H2,1-2H3. The van der Waals surface area contributed by atoms with Gasteiger partial charge in [-0.1, -0.05) is 0 Å². The highest BCUT2D eigenvalue weighted by Gasteiger charge is 2.28. The molecule has 0 bridgehead atoms. The van der Waals surface area contributed by atoms with Crippen molar-refractivity contribution < 1.29 is 23.6 Å². The van der Waals surface area contributed by atoms with Crippen LogP contribution in [0.2, 0.25) is 0 Å². The lowest BCUT2D eigenvalue weighted by Crippen LogP contribution is -2.11. The van der Waals surface area contributed by atoms with Crippen molar-refractivity contribution in [3.05, 3.63) is 27.6 Å². The fraction of sp³-hybridized carbons (Fsp3) is 0.222. The van der Waals surface area contributed by atoms with Gasteiger partial charge in [-0.15, -0.1) is 0 Å². The molecule has 0 unspecified atom stereocenters. The molecule has 0 spiro atoms. The van der Waals surface area contributed by atoms with Gasteiger partial charge in [-0.2, -0.15) is 0 Å². The van der Waals surface area contributed by atoms with E-state index in [2.05, 4.69) is 9.47 Å². The number of carbonyl (C=O) groups is 1. The molecule has 92 valence electrons. The largest absolute Gasteiger partial charge is 0.493 e. The zero-order valence-corrected chi connectivity index (χ0v) is 9.02. The fourth-order valence-corrected chi connectivity index (χ4v) is 1.29. The van der Waals surface area contributed by atoms with Gasteiger partial charge in [-0.3, -0.25) is 10.1 Å². The first-order valence-electron chi connectivity index (χ1n) is 4.32. The summed E-state index contributed by atoms with van der Waals surface area (Å²) in [5.74, 6) is -2.56. The normalized spacial score (nSPS) is 9.82. The van der Waals surface area contributed by atoms with Crippen molar-refractivity contribution in [2.45, 2.75) is 0 Å². The Balaban J connectivity index is 3.62. The van der Waals surface area contributed by atoms with Crippen LogP contribution in [0.15, 0.2) is 6.07 Å². The Morgan fingerprint density at radius 3 is 2.53 bits per heavy atom. The number of carbonyl (C=O) groups excluding carboxylic acids is 1. The van der Waals surface area contributed by atoms with Crippen molar-refractivity contribution in [1.29, 1.82) is 0 Å². The third-order valence-electron chi connectivity index (χ3n) is 2.04. The molecule has 0 atom stereocenters. The molecular weight excluding hydrogens is 235 g/mol. The van der Waals surface area contributed by atoms with Crippen molar-refractivity contribution in [2.24, 2.45) is 0 Å². The molecule has 8 heteroatoms. The molecule has 0 saturated carbocycles. The van der Waals surface area contributed by atoms with Gasteiger partial charge < -0.3 is 15.2 Å². The van der Waals surface area contributed by atoms with Crippen LogP contribution in [-0.2, 0) is 4.74 Å². The van der Waals surface area contributed by atoms with Crippen LogP contribution in [0.1, 0.15) is 10.4 Å². The monoisotopic (exact) mass is 244 g/mol. The van der Waals surface area contributed by atoms with E-state index >= 15 is 0 Å². The molecule has 1 rings (SSSR count). The van der Waals surface area contributed by atoms with Gasteiger partial charge in [0.15, 0.2) is 11.6 Å². The average molecular weight is 244 g/mol. The van der Waals surface area contributed by atoms with Gasteiger partial charge in [0, 0.05) is 0 Å². The quantitative estimate of drug-likeness (QED) is 0.369. The van der Waals surface area contributed by atoms with E-state index in [0.717, 1.165) is 14.2 Å². The highest BCUT2D eigenvalue weighted by molar-refractivity contribution is 6.00. The maximum Gasteiger partial charge on any atom is 0.344 e. The van der Waals surface area contributed by atoms with E-state index in [9.17, 15) is 19.3 Å². The summed E-state index contributed by atoms with van der Waals surface area (Å²) >= 11 is 0. The first-order valence-corrected chi connectivity index (χ1v) is 4.32. The Hall–Kier alpha value is -2.38. The molecule has 2 N–H and O–H groups in total. The number of ether oxygens (including phenoxy) is 2. The minimum Gasteiger partial charge on any atom is -0.493 e. The van der Waals surface area contributed by atoms with Crippen LogP contribution in [-0.4, -0.2) is 25.1 Å². The Kier molecular flexibility index (Phi) is 3.46. The molecule has 1 aromatic rings.